The second kappa shape index (κ2) is 7.95. The van der Waals surface area contributed by atoms with E-state index in [1.807, 2.05) is 0 Å². The van der Waals surface area contributed by atoms with Crippen molar-refractivity contribution in [2.45, 2.75) is 107 Å². The number of likely N-dealkylation sites (N-methyl/N-ethyl adjacent to an activating group) is 1. The molecule has 4 heteroatoms. The van der Waals surface area contributed by atoms with Gasteiger partial charge in [-0.3, -0.25) is 4.90 Å². The molecule has 3 nitrogen and oxygen atoms in total. The molecule has 3 heterocycles. The first-order chi connectivity index (χ1) is 13.6. The van der Waals surface area contributed by atoms with E-state index in [0.29, 0.717) is 23.3 Å². The third-order valence-electron chi connectivity index (χ3n) is 8.93. The normalized spacial score (nSPS) is 44.7. The smallest absolute Gasteiger partial charge is 0.141 e. The molecule has 1 aromatic rings. The highest BCUT2D eigenvalue weighted by Crippen LogP contribution is 2.52. The van der Waals surface area contributed by atoms with Crippen molar-refractivity contribution in [3.05, 3.63) is 17.5 Å². The summed E-state index contributed by atoms with van der Waals surface area (Å²) in [5.74, 6) is 4.90. The van der Waals surface area contributed by atoms with Gasteiger partial charge in [0.2, 0.25) is 0 Å². The van der Waals surface area contributed by atoms with E-state index in [1.54, 1.807) is 0 Å². The third kappa shape index (κ3) is 3.55. The fourth-order valence-corrected chi connectivity index (χ4v) is 7.36. The van der Waals surface area contributed by atoms with E-state index in [2.05, 4.69) is 30.1 Å². The second-order valence-electron chi connectivity index (χ2n) is 10.5. The van der Waals surface area contributed by atoms with Crippen molar-refractivity contribution in [3.8, 4) is 0 Å². The third-order valence-corrected chi connectivity index (χ3v) is 9.37. The molecule has 2 bridgehead atoms. The Morgan fingerprint density at radius 1 is 1.00 bits per heavy atom. The number of nitrogens with zero attached hydrogens (tertiary/aromatic N) is 2. The second-order valence-corrected chi connectivity index (χ2v) is 11.1. The summed E-state index contributed by atoms with van der Waals surface area (Å²) in [5, 5.41) is 4.97. The summed E-state index contributed by atoms with van der Waals surface area (Å²) in [6.07, 6.45) is 14.3. The molecule has 2 saturated heterocycles. The van der Waals surface area contributed by atoms with Crippen LogP contribution >= 0.6 is 11.6 Å². The molecule has 2 aliphatic heterocycles. The average Bonchev–Trinajstić information content (AvgIpc) is 3.26. The van der Waals surface area contributed by atoms with E-state index in [-0.39, 0.29) is 0 Å². The van der Waals surface area contributed by atoms with Crippen LogP contribution in [0.1, 0.15) is 101 Å². The Labute approximate surface area is 175 Å². The lowest BCUT2D eigenvalue weighted by atomic mass is 9.66. The molecule has 5 rings (SSSR count). The molecule has 4 atom stereocenters. The van der Waals surface area contributed by atoms with Crippen molar-refractivity contribution in [1.82, 2.24) is 10.1 Å². The minimum Gasteiger partial charge on any atom is -0.361 e. The summed E-state index contributed by atoms with van der Waals surface area (Å²) >= 11 is 6.32. The maximum atomic E-state index is 6.32. The van der Waals surface area contributed by atoms with Crippen LogP contribution in [-0.4, -0.2) is 34.6 Å². The number of alkyl halides is 1. The zero-order chi connectivity index (χ0) is 19.3. The molecular weight excluding hydrogens is 368 g/mol. The van der Waals surface area contributed by atoms with Crippen LogP contribution in [0.3, 0.4) is 0 Å². The summed E-state index contributed by atoms with van der Waals surface area (Å²) in [6, 6.07) is 3.81. The number of aromatic nitrogens is 1. The molecule has 1 aromatic heterocycles. The van der Waals surface area contributed by atoms with Crippen LogP contribution in [0.15, 0.2) is 10.6 Å². The highest BCUT2D eigenvalue weighted by molar-refractivity contribution is 6.20. The molecule has 4 aliphatic rings. The molecular formula is C24H37ClN2O. The van der Waals surface area contributed by atoms with Crippen LogP contribution in [0.2, 0.25) is 0 Å². The predicted molar refractivity (Wildman–Crippen MR) is 114 cm³/mol. The SMILES string of the molecule is CC1CCC([C@H]2C[C@H]3CCC([C@H]2c2cc(C4CCC(Cl)CC4)no2)N3C)CC1. The van der Waals surface area contributed by atoms with Gasteiger partial charge in [0, 0.05) is 35.4 Å². The largest absolute Gasteiger partial charge is 0.361 e. The van der Waals surface area contributed by atoms with Gasteiger partial charge in [-0.05, 0) is 82.6 Å². The fraction of sp³-hybridized carbons (Fsp3) is 0.875. The van der Waals surface area contributed by atoms with Crippen LogP contribution in [-0.2, 0) is 0 Å². The zero-order valence-electron chi connectivity index (χ0n) is 17.7. The van der Waals surface area contributed by atoms with Crippen molar-refractivity contribution in [1.29, 1.82) is 0 Å². The first kappa shape index (κ1) is 19.4. The van der Waals surface area contributed by atoms with Crippen LogP contribution in [0, 0.1) is 17.8 Å². The highest BCUT2D eigenvalue weighted by Gasteiger charge is 2.50. The van der Waals surface area contributed by atoms with E-state index < -0.39 is 0 Å². The number of fused-ring (bicyclic) bond motifs is 2. The van der Waals surface area contributed by atoms with Gasteiger partial charge in [0.05, 0.1) is 5.69 Å². The minimum absolute atomic E-state index is 0.364. The van der Waals surface area contributed by atoms with Crippen LogP contribution in [0.25, 0.3) is 0 Å². The summed E-state index contributed by atoms with van der Waals surface area (Å²) < 4.78 is 6.12. The van der Waals surface area contributed by atoms with Gasteiger partial charge in [0.25, 0.3) is 0 Å². The van der Waals surface area contributed by atoms with Gasteiger partial charge < -0.3 is 4.52 Å². The highest BCUT2D eigenvalue weighted by atomic mass is 35.5. The first-order valence-electron chi connectivity index (χ1n) is 11.9. The summed E-state index contributed by atoms with van der Waals surface area (Å²) in [4.78, 5) is 2.67. The Hall–Kier alpha value is -0.540. The Bertz CT molecular complexity index is 659. The monoisotopic (exact) mass is 404 g/mol. The minimum atomic E-state index is 0.364. The molecule has 4 fully saturated rings. The predicted octanol–water partition coefficient (Wildman–Crippen LogP) is 6.33. The Morgan fingerprint density at radius 2 is 1.75 bits per heavy atom. The van der Waals surface area contributed by atoms with Gasteiger partial charge in [-0.1, -0.05) is 24.9 Å². The standard InChI is InChI=1S/C24H37ClN2O/c1-15-3-5-16(6-4-15)20-13-19-11-12-22(27(19)2)24(20)23-14-21(26-28-23)17-7-9-18(25)10-8-17/h14-20,22,24H,3-13H2,1-2H3/t15?,16?,17?,18?,19-,20-,22?,24+/m1/s1. The average molecular weight is 405 g/mol. The van der Waals surface area contributed by atoms with E-state index in [9.17, 15) is 0 Å². The van der Waals surface area contributed by atoms with Gasteiger partial charge in [-0.25, -0.2) is 0 Å². The molecule has 0 spiro atoms. The topological polar surface area (TPSA) is 29.3 Å². The maximum Gasteiger partial charge on any atom is 0.141 e. The molecule has 0 N–H and O–H groups in total. The van der Waals surface area contributed by atoms with Gasteiger partial charge in [0.1, 0.15) is 5.76 Å². The van der Waals surface area contributed by atoms with E-state index in [4.69, 9.17) is 16.1 Å². The zero-order valence-corrected chi connectivity index (χ0v) is 18.4. The molecule has 0 aromatic carbocycles. The fourth-order valence-electron chi connectivity index (χ4n) is 7.11. The molecule has 2 saturated carbocycles. The van der Waals surface area contributed by atoms with Gasteiger partial charge >= 0.3 is 0 Å². The lowest BCUT2D eigenvalue weighted by Gasteiger charge is -2.46. The van der Waals surface area contributed by atoms with Crippen LogP contribution < -0.4 is 0 Å². The molecule has 28 heavy (non-hydrogen) atoms. The van der Waals surface area contributed by atoms with Crippen molar-refractivity contribution in [2.24, 2.45) is 17.8 Å². The van der Waals surface area contributed by atoms with Gasteiger partial charge in [-0.2, -0.15) is 0 Å². The summed E-state index contributed by atoms with van der Waals surface area (Å²) in [6.45, 7) is 2.43. The number of halogens is 1. The summed E-state index contributed by atoms with van der Waals surface area (Å²) in [7, 11) is 2.35. The lowest BCUT2D eigenvalue weighted by molar-refractivity contribution is 0.0470. The van der Waals surface area contributed by atoms with Gasteiger partial charge in [-0.15, -0.1) is 11.6 Å². The Balaban J connectivity index is 1.39. The number of hydrogen-bond acceptors (Lipinski definition) is 3. The molecule has 0 radical (unpaired) electrons. The number of hydrogen-bond donors (Lipinski definition) is 0. The molecule has 1 unspecified atom stereocenters. The van der Waals surface area contributed by atoms with E-state index in [1.165, 1.54) is 69.2 Å². The Kier molecular flexibility index (Phi) is 5.51. The van der Waals surface area contributed by atoms with E-state index in [0.717, 1.165) is 36.6 Å². The van der Waals surface area contributed by atoms with Crippen molar-refractivity contribution in [3.63, 3.8) is 0 Å². The molecule has 2 aliphatic carbocycles. The van der Waals surface area contributed by atoms with Gasteiger partial charge in [0.15, 0.2) is 0 Å². The summed E-state index contributed by atoms with van der Waals surface area (Å²) in [5.41, 5.74) is 1.21. The molecule has 156 valence electrons. The van der Waals surface area contributed by atoms with Crippen molar-refractivity contribution >= 4 is 11.6 Å². The van der Waals surface area contributed by atoms with Crippen LogP contribution in [0.5, 0.6) is 0 Å². The van der Waals surface area contributed by atoms with Crippen LogP contribution in [0.4, 0.5) is 0 Å². The van der Waals surface area contributed by atoms with Crippen molar-refractivity contribution < 1.29 is 4.52 Å². The number of piperidine rings is 1. The number of rotatable bonds is 3. The maximum absolute atomic E-state index is 6.32. The van der Waals surface area contributed by atoms with E-state index >= 15 is 0 Å². The quantitative estimate of drug-likeness (QED) is 0.551. The Morgan fingerprint density at radius 3 is 2.50 bits per heavy atom. The lowest BCUT2D eigenvalue weighted by Crippen LogP contribution is -2.47. The first-order valence-corrected chi connectivity index (χ1v) is 12.4. The molecule has 0 amide bonds. The van der Waals surface area contributed by atoms with Crippen molar-refractivity contribution in [2.75, 3.05) is 7.05 Å².